The first-order valence-corrected chi connectivity index (χ1v) is 4.63. The Hall–Kier alpha value is -2.42. The lowest BCUT2D eigenvalue weighted by molar-refractivity contribution is -0.275. The van der Waals surface area contributed by atoms with E-state index in [-0.39, 0.29) is 5.69 Å². The highest BCUT2D eigenvalue weighted by Crippen LogP contribution is 2.35. The molecule has 0 spiro atoms. The molecule has 0 N–H and O–H groups in total. The van der Waals surface area contributed by atoms with Crippen molar-refractivity contribution in [2.24, 2.45) is 0 Å². The summed E-state index contributed by atoms with van der Waals surface area (Å²) in [6, 6.07) is 3.40. The van der Waals surface area contributed by atoms with Crippen molar-refractivity contribution in [2.75, 3.05) is 0 Å². The smallest absolute Gasteiger partial charge is 0.405 e. The molecule has 0 radical (unpaired) electrons. The molecule has 1 aromatic rings. The van der Waals surface area contributed by atoms with Crippen molar-refractivity contribution in [1.29, 1.82) is 10.5 Å². The summed E-state index contributed by atoms with van der Waals surface area (Å²) in [4.78, 5) is 3.38. The fraction of sp³-hybridized carbons (Fsp3) is 0.300. The second-order valence-electron chi connectivity index (χ2n) is 3.17. The molecule has 0 aliphatic carbocycles. The van der Waals surface area contributed by atoms with Crippen molar-refractivity contribution in [2.45, 2.75) is 19.2 Å². The summed E-state index contributed by atoms with van der Waals surface area (Å²) < 4.78 is 65.1. The van der Waals surface area contributed by atoms with Crippen molar-refractivity contribution in [3.63, 3.8) is 0 Å². The number of nitrogens with zero attached hydrogens (tertiary/aromatic N) is 3. The van der Waals surface area contributed by atoms with Gasteiger partial charge >= 0.3 is 6.36 Å². The van der Waals surface area contributed by atoms with Crippen LogP contribution in [0.15, 0.2) is 6.07 Å². The number of hydrogen-bond donors (Lipinski definition) is 0. The molecule has 0 saturated carbocycles. The van der Waals surface area contributed by atoms with Crippen LogP contribution in [0.2, 0.25) is 0 Å². The molecule has 0 unspecified atom stereocenters. The first kappa shape index (κ1) is 14.6. The van der Waals surface area contributed by atoms with Gasteiger partial charge in [0.1, 0.15) is 11.8 Å². The van der Waals surface area contributed by atoms with Crippen LogP contribution in [-0.4, -0.2) is 11.3 Å². The fourth-order valence-electron chi connectivity index (χ4n) is 1.26. The van der Waals surface area contributed by atoms with Crippen LogP contribution in [0.4, 0.5) is 22.0 Å². The van der Waals surface area contributed by atoms with Crippen molar-refractivity contribution in [3.8, 4) is 17.9 Å². The number of halogens is 5. The van der Waals surface area contributed by atoms with Gasteiger partial charge in [0.15, 0.2) is 5.69 Å². The van der Waals surface area contributed by atoms with E-state index in [9.17, 15) is 22.0 Å². The zero-order chi connectivity index (χ0) is 14.6. The van der Waals surface area contributed by atoms with Crippen molar-refractivity contribution in [1.82, 2.24) is 4.98 Å². The van der Waals surface area contributed by atoms with Crippen LogP contribution >= 0.6 is 0 Å². The second-order valence-corrected chi connectivity index (χ2v) is 3.17. The van der Waals surface area contributed by atoms with Gasteiger partial charge in [-0.1, -0.05) is 0 Å². The molecule has 0 aliphatic rings. The van der Waals surface area contributed by atoms with E-state index in [4.69, 9.17) is 10.5 Å². The molecule has 0 saturated heterocycles. The van der Waals surface area contributed by atoms with Gasteiger partial charge in [0.2, 0.25) is 0 Å². The number of rotatable bonds is 3. The zero-order valence-corrected chi connectivity index (χ0v) is 9.00. The molecule has 1 aromatic heterocycles. The number of aromatic nitrogens is 1. The Bertz CT molecular complexity index is 556. The van der Waals surface area contributed by atoms with Crippen LogP contribution in [0.5, 0.6) is 5.75 Å². The average Bonchev–Trinajstić information content (AvgIpc) is 2.25. The van der Waals surface area contributed by atoms with Crippen LogP contribution in [-0.2, 0) is 6.42 Å². The quantitative estimate of drug-likeness (QED) is 0.796. The molecular weight excluding hydrogens is 273 g/mol. The Labute approximate surface area is 103 Å². The Balaban J connectivity index is 3.43. The predicted molar refractivity (Wildman–Crippen MR) is 49.9 cm³/mol. The van der Waals surface area contributed by atoms with E-state index < -0.39 is 36.2 Å². The minimum Gasteiger partial charge on any atom is -0.405 e. The summed E-state index contributed by atoms with van der Waals surface area (Å²) in [6.45, 7) is 0. The van der Waals surface area contributed by atoms with Crippen molar-refractivity contribution < 1.29 is 26.7 Å². The minimum absolute atomic E-state index is 0.261. The maximum Gasteiger partial charge on any atom is 0.573 e. The van der Waals surface area contributed by atoms with Gasteiger partial charge in [-0.05, 0) is 0 Å². The molecule has 4 nitrogen and oxygen atoms in total. The van der Waals surface area contributed by atoms with Gasteiger partial charge in [0.25, 0.3) is 6.43 Å². The van der Waals surface area contributed by atoms with Crippen molar-refractivity contribution >= 4 is 0 Å². The molecule has 1 rings (SSSR count). The third kappa shape index (κ3) is 3.78. The third-order valence-corrected chi connectivity index (χ3v) is 1.88. The molecular formula is C10H4F5N3O. The molecule has 9 heteroatoms. The molecule has 0 aromatic carbocycles. The number of ether oxygens (including phenoxy) is 1. The molecule has 19 heavy (non-hydrogen) atoms. The zero-order valence-electron chi connectivity index (χ0n) is 9.00. The van der Waals surface area contributed by atoms with E-state index in [0.717, 1.165) is 0 Å². The van der Waals surface area contributed by atoms with Crippen molar-refractivity contribution in [3.05, 3.63) is 23.0 Å². The van der Waals surface area contributed by atoms with Crippen LogP contribution in [0.25, 0.3) is 0 Å². The maximum absolute atomic E-state index is 12.7. The van der Waals surface area contributed by atoms with Gasteiger partial charge in [0.05, 0.1) is 23.7 Å². The number of alkyl halides is 5. The fourth-order valence-corrected chi connectivity index (χ4v) is 1.26. The van der Waals surface area contributed by atoms with Crippen LogP contribution in [0.3, 0.4) is 0 Å². The highest BCUT2D eigenvalue weighted by molar-refractivity contribution is 5.45. The van der Waals surface area contributed by atoms with E-state index in [1.54, 1.807) is 6.07 Å². The molecule has 0 bridgehead atoms. The van der Waals surface area contributed by atoms with Crippen LogP contribution in [0.1, 0.15) is 23.4 Å². The number of nitriles is 2. The maximum atomic E-state index is 12.7. The van der Waals surface area contributed by atoms with E-state index in [0.29, 0.717) is 6.07 Å². The summed E-state index contributed by atoms with van der Waals surface area (Å²) in [5.74, 6) is -1.22. The molecule has 0 amide bonds. The summed E-state index contributed by atoms with van der Waals surface area (Å²) in [7, 11) is 0. The lowest BCUT2D eigenvalue weighted by Gasteiger charge is -2.14. The number of pyridine rings is 1. The van der Waals surface area contributed by atoms with Gasteiger partial charge in [0, 0.05) is 6.07 Å². The van der Waals surface area contributed by atoms with Crippen LogP contribution in [0, 0.1) is 22.7 Å². The van der Waals surface area contributed by atoms with Gasteiger partial charge < -0.3 is 4.74 Å². The average molecular weight is 277 g/mol. The normalized spacial score (nSPS) is 10.9. The molecule has 100 valence electrons. The largest absolute Gasteiger partial charge is 0.573 e. The Morgan fingerprint density at radius 1 is 1.32 bits per heavy atom. The highest BCUT2D eigenvalue weighted by atomic mass is 19.4. The topological polar surface area (TPSA) is 69.7 Å². The van der Waals surface area contributed by atoms with E-state index in [1.165, 1.54) is 6.07 Å². The molecule has 1 heterocycles. The van der Waals surface area contributed by atoms with Gasteiger partial charge in [-0.25, -0.2) is 13.8 Å². The summed E-state index contributed by atoms with van der Waals surface area (Å²) in [5.41, 5.74) is -2.41. The minimum atomic E-state index is -5.19. The molecule has 0 aliphatic heterocycles. The van der Waals surface area contributed by atoms with Crippen LogP contribution < -0.4 is 4.74 Å². The van der Waals surface area contributed by atoms with Gasteiger partial charge in [-0.2, -0.15) is 10.5 Å². The van der Waals surface area contributed by atoms with E-state index in [1.807, 2.05) is 0 Å². The summed E-state index contributed by atoms with van der Waals surface area (Å²) in [6.07, 6.45) is -9.00. The molecule has 0 atom stereocenters. The first-order valence-electron chi connectivity index (χ1n) is 4.63. The van der Waals surface area contributed by atoms with Gasteiger partial charge in [-0.15, -0.1) is 13.2 Å². The highest BCUT2D eigenvalue weighted by Gasteiger charge is 2.34. The Morgan fingerprint density at radius 2 is 1.95 bits per heavy atom. The van der Waals surface area contributed by atoms with E-state index in [2.05, 4.69) is 9.72 Å². The first-order chi connectivity index (χ1) is 8.78. The second kappa shape index (κ2) is 5.48. The van der Waals surface area contributed by atoms with E-state index >= 15 is 0 Å². The predicted octanol–water partition coefficient (Wildman–Crippen LogP) is 2.86. The Kier molecular flexibility index (Phi) is 4.22. The monoisotopic (exact) mass is 277 g/mol. The third-order valence-electron chi connectivity index (χ3n) is 1.88. The SMILES string of the molecule is N#CCc1cc(OC(F)(F)F)c(C(F)F)c(C#N)n1. The summed E-state index contributed by atoms with van der Waals surface area (Å²) >= 11 is 0. The standard InChI is InChI=1S/C10H4F5N3O/c11-9(12)8-6(4-17)18-5(1-2-16)3-7(8)19-10(13,14)15/h3,9H,1H2. The Morgan fingerprint density at radius 3 is 2.37 bits per heavy atom. The molecule has 0 fully saturated rings. The number of hydrogen-bond acceptors (Lipinski definition) is 4. The van der Waals surface area contributed by atoms with Gasteiger partial charge in [-0.3, -0.25) is 0 Å². The lowest BCUT2D eigenvalue weighted by Crippen LogP contribution is -2.19. The lowest BCUT2D eigenvalue weighted by atomic mass is 10.1. The summed E-state index contributed by atoms with van der Waals surface area (Å²) in [5, 5.41) is 17.0.